The van der Waals surface area contributed by atoms with E-state index in [0.717, 1.165) is 11.1 Å². The first kappa shape index (κ1) is 5.66. The van der Waals surface area contributed by atoms with Gasteiger partial charge in [0.2, 0.25) is 0 Å². The summed E-state index contributed by atoms with van der Waals surface area (Å²) in [5, 5.41) is 2.46. The Balaban J connectivity index is 2.84. The predicted molar refractivity (Wildman–Crippen MR) is 41.0 cm³/mol. The maximum absolute atomic E-state index is 4.26. The summed E-state index contributed by atoms with van der Waals surface area (Å²) in [7, 11) is 0. The quantitative estimate of drug-likeness (QED) is 0.493. The van der Waals surface area contributed by atoms with Gasteiger partial charge in [-0.15, -0.1) is 0 Å². The molecule has 0 atom stereocenters. The van der Waals surface area contributed by atoms with Crippen molar-refractivity contribution in [1.29, 1.82) is 0 Å². The van der Waals surface area contributed by atoms with E-state index in [1.807, 2.05) is 6.92 Å². The third-order valence-electron chi connectivity index (χ3n) is 1.83. The van der Waals surface area contributed by atoms with Gasteiger partial charge in [-0.3, -0.25) is 4.99 Å². The highest BCUT2D eigenvalue weighted by Gasteiger charge is 2.00. The summed E-state index contributed by atoms with van der Waals surface area (Å²) in [6, 6.07) is 6.37. The Labute approximate surface area is 59.7 Å². The highest BCUT2D eigenvalue weighted by Crippen LogP contribution is 1.97. The zero-order valence-electron chi connectivity index (χ0n) is 6.18. The van der Waals surface area contributed by atoms with Crippen LogP contribution in [-0.2, 0) is 0 Å². The van der Waals surface area contributed by atoms with Crippen molar-refractivity contribution in [1.82, 2.24) is 0 Å². The molecular formula is C9H9N. The van der Waals surface area contributed by atoms with Crippen molar-refractivity contribution in [3.05, 3.63) is 34.3 Å². The van der Waals surface area contributed by atoms with E-state index in [4.69, 9.17) is 0 Å². The first-order chi connectivity index (χ1) is 4.77. The topological polar surface area (TPSA) is 12.4 Å². The normalized spacial score (nSPS) is 13.6. The second kappa shape index (κ2) is 1.69. The van der Waals surface area contributed by atoms with Crippen LogP contribution >= 0.6 is 0 Å². The van der Waals surface area contributed by atoms with Gasteiger partial charge in [0.25, 0.3) is 0 Å². The van der Waals surface area contributed by atoms with E-state index >= 15 is 0 Å². The molecule has 0 bridgehead atoms. The minimum atomic E-state index is 1.15. The van der Waals surface area contributed by atoms with E-state index < -0.39 is 0 Å². The predicted octanol–water partition coefficient (Wildman–Crippen LogP) is 0.756. The lowest BCUT2D eigenvalue weighted by molar-refractivity contribution is 1.17. The van der Waals surface area contributed by atoms with Crippen LogP contribution in [0.15, 0.2) is 23.2 Å². The summed E-state index contributed by atoms with van der Waals surface area (Å²) >= 11 is 0. The van der Waals surface area contributed by atoms with Crippen LogP contribution < -0.4 is 10.6 Å². The Kier molecular flexibility index (Phi) is 0.956. The minimum Gasteiger partial charge on any atom is -0.252 e. The highest BCUT2D eigenvalue weighted by molar-refractivity contribution is 5.46. The van der Waals surface area contributed by atoms with Crippen LogP contribution in [0.4, 0.5) is 0 Å². The fourth-order valence-electron chi connectivity index (χ4n) is 1.23. The van der Waals surface area contributed by atoms with Gasteiger partial charge in [-0.25, -0.2) is 0 Å². The summed E-state index contributed by atoms with van der Waals surface area (Å²) in [5.41, 5.74) is 2.45. The molecule has 0 saturated carbocycles. The van der Waals surface area contributed by atoms with Gasteiger partial charge in [-0.1, -0.05) is 12.1 Å². The zero-order valence-corrected chi connectivity index (χ0v) is 6.18. The lowest BCUT2D eigenvalue weighted by Crippen LogP contribution is -2.33. The lowest BCUT2D eigenvalue weighted by Gasteiger charge is -2.04. The molecule has 0 amide bonds. The molecule has 1 aliphatic heterocycles. The first-order valence-corrected chi connectivity index (χ1v) is 3.44. The summed E-state index contributed by atoms with van der Waals surface area (Å²) in [6.45, 7) is 4.13. The van der Waals surface area contributed by atoms with Crippen LogP contribution in [0.1, 0.15) is 12.5 Å². The summed E-state index contributed by atoms with van der Waals surface area (Å²) < 4.78 is 0. The maximum Gasteiger partial charge on any atom is 0.0726 e. The Morgan fingerprint density at radius 1 is 1.20 bits per heavy atom. The van der Waals surface area contributed by atoms with Crippen molar-refractivity contribution in [2.45, 2.75) is 13.8 Å². The number of aryl methyl sites for hydroxylation is 1. The van der Waals surface area contributed by atoms with Gasteiger partial charge in [0.05, 0.1) is 5.36 Å². The standard InChI is InChI=1S/C9H9N/c1-6-3-4-8-7(2)10-9(8)5-6/h3-5H,1-2H3. The van der Waals surface area contributed by atoms with Crippen LogP contribution in [0.5, 0.6) is 0 Å². The summed E-state index contributed by atoms with van der Waals surface area (Å²) in [4.78, 5) is 4.26. The third-order valence-corrected chi connectivity index (χ3v) is 1.83. The molecule has 0 radical (unpaired) electrons. The molecular weight excluding hydrogens is 122 g/mol. The maximum atomic E-state index is 4.26. The number of rotatable bonds is 0. The molecule has 0 fully saturated rings. The Bertz CT molecular complexity index is 388. The van der Waals surface area contributed by atoms with Crippen molar-refractivity contribution in [2.75, 3.05) is 0 Å². The molecule has 0 aliphatic carbocycles. The molecule has 1 heteroatoms. The molecule has 0 spiro atoms. The van der Waals surface area contributed by atoms with Crippen LogP contribution in [-0.4, -0.2) is 0 Å². The van der Waals surface area contributed by atoms with Crippen molar-refractivity contribution in [3.8, 4) is 0 Å². The minimum absolute atomic E-state index is 1.15. The molecule has 10 heavy (non-hydrogen) atoms. The van der Waals surface area contributed by atoms with Crippen molar-refractivity contribution in [2.24, 2.45) is 4.99 Å². The van der Waals surface area contributed by atoms with Crippen LogP contribution in [0, 0.1) is 6.92 Å². The fourth-order valence-corrected chi connectivity index (χ4v) is 1.23. The number of fused-ring (bicyclic) bond motifs is 1. The average Bonchev–Trinajstić information content (AvgIpc) is 1.86. The monoisotopic (exact) mass is 131 g/mol. The number of hydrogen-bond acceptors (Lipinski definition) is 1. The van der Waals surface area contributed by atoms with Crippen LogP contribution in [0.3, 0.4) is 0 Å². The van der Waals surface area contributed by atoms with Gasteiger partial charge in [0, 0.05) is 10.9 Å². The Morgan fingerprint density at radius 3 is 2.60 bits per heavy atom. The summed E-state index contributed by atoms with van der Waals surface area (Å²) in [5.74, 6) is 0. The smallest absolute Gasteiger partial charge is 0.0726 e. The van der Waals surface area contributed by atoms with E-state index in [9.17, 15) is 0 Å². The van der Waals surface area contributed by atoms with Crippen molar-refractivity contribution >= 4 is 5.70 Å². The van der Waals surface area contributed by atoms with Gasteiger partial charge in [0.15, 0.2) is 0 Å². The van der Waals surface area contributed by atoms with Gasteiger partial charge < -0.3 is 0 Å². The molecule has 0 saturated heterocycles. The average molecular weight is 131 g/mol. The Morgan fingerprint density at radius 2 is 2.00 bits per heavy atom. The molecule has 1 aliphatic rings. The number of nitrogens with zero attached hydrogens (tertiary/aromatic N) is 1. The fraction of sp³-hybridized carbons (Fsp3) is 0.222. The van der Waals surface area contributed by atoms with Crippen LogP contribution in [0.25, 0.3) is 5.70 Å². The number of benzene rings is 1. The number of hydrogen-bond donors (Lipinski definition) is 0. The molecule has 1 nitrogen and oxygen atoms in total. The van der Waals surface area contributed by atoms with E-state index in [1.165, 1.54) is 10.8 Å². The van der Waals surface area contributed by atoms with Crippen molar-refractivity contribution < 1.29 is 0 Å². The second-order valence-corrected chi connectivity index (χ2v) is 2.72. The largest absolute Gasteiger partial charge is 0.252 e. The lowest BCUT2D eigenvalue weighted by atomic mass is 10.1. The molecule has 0 N–H and O–H groups in total. The molecule has 0 aromatic heterocycles. The molecule has 0 unspecified atom stereocenters. The molecule has 50 valence electrons. The molecule has 1 aromatic carbocycles. The second-order valence-electron chi connectivity index (χ2n) is 2.72. The van der Waals surface area contributed by atoms with E-state index in [0.29, 0.717) is 0 Å². The van der Waals surface area contributed by atoms with E-state index in [-0.39, 0.29) is 0 Å². The summed E-state index contributed by atoms with van der Waals surface area (Å²) in [6.07, 6.45) is 0. The van der Waals surface area contributed by atoms with E-state index in [2.05, 4.69) is 30.1 Å². The third kappa shape index (κ3) is 0.604. The van der Waals surface area contributed by atoms with Crippen LogP contribution in [0.2, 0.25) is 0 Å². The van der Waals surface area contributed by atoms with Gasteiger partial charge in [0.1, 0.15) is 0 Å². The Hall–Kier alpha value is -1.11. The molecule has 2 rings (SSSR count). The highest BCUT2D eigenvalue weighted by atomic mass is 14.8. The van der Waals surface area contributed by atoms with Gasteiger partial charge >= 0.3 is 0 Å². The van der Waals surface area contributed by atoms with Crippen molar-refractivity contribution in [3.63, 3.8) is 0 Å². The first-order valence-electron chi connectivity index (χ1n) is 3.44. The van der Waals surface area contributed by atoms with Gasteiger partial charge in [-0.05, 0) is 25.5 Å². The molecule has 1 aromatic rings. The SMILES string of the molecule is CC1=c2ccc(C)cc2=N1. The van der Waals surface area contributed by atoms with E-state index in [1.54, 1.807) is 0 Å². The van der Waals surface area contributed by atoms with Gasteiger partial charge in [-0.2, -0.15) is 0 Å². The zero-order chi connectivity index (χ0) is 7.14. The molecule has 1 heterocycles.